The summed E-state index contributed by atoms with van der Waals surface area (Å²) in [4.78, 5) is 29.0. The molecule has 0 radical (unpaired) electrons. The fraction of sp³-hybridized carbons (Fsp3) is 0.400. The molecule has 6 heteroatoms. The third-order valence-corrected chi connectivity index (χ3v) is 4.66. The molecule has 0 unspecified atom stereocenters. The van der Waals surface area contributed by atoms with E-state index in [1.165, 1.54) is 0 Å². The number of aryl methyl sites for hydroxylation is 2. The number of carbonyl (C=O) groups is 2. The van der Waals surface area contributed by atoms with Gasteiger partial charge < -0.3 is 10.1 Å². The molecule has 0 aliphatic rings. The number of amides is 1. The van der Waals surface area contributed by atoms with Gasteiger partial charge >= 0.3 is 5.97 Å². The maximum absolute atomic E-state index is 12.5. The van der Waals surface area contributed by atoms with Crippen LogP contribution in [0, 0.1) is 31.1 Å². The average Bonchev–Trinajstić information content (AvgIpc) is 2.59. The Morgan fingerprint density at radius 1 is 1.31 bits per heavy atom. The number of hydrogen-bond acceptors (Lipinski definition) is 5. The first-order chi connectivity index (χ1) is 12.2. The first-order valence-electron chi connectivity index (χ1n) is 8.45. The zero-order chi connectivity index (χ0) is 19.5. The summed E-state index contributed by atoms with van der Waals surface area (Å²) in [6.45, 7) is 8.43. The number of carbonyl (C=O) groups excluding carboxylic acids is 2. The molecule has 0 bridgehead atoms. The van der Waals surface area contributed by atoms with E-state index in [4.69, 9.17) is 4.74 Å². The molecule has 26 heavy (non-hydrogen) atoms. The van der Waals surface area contributed by atoms with Crippen LogP contribution in [0.25, 0.3) is 10.9 Å². The van der Waals surface area contributed by atoms with Gasteiger partial charge in [-0.25, -0.2) is 4.79 Å². The van der Waals surface area contributed by atoms with E-state index in [9.17, 15) is 14.9 Å². The largest absolute Gasteiger partial charge is 0.452 e. The maximum atomic E-state index is 12.5. The number of nitrogens with one attached hydrogen (secondary N) is 1. The van der Waals surface area contributed by atoms with Crippen molar-refractivity contribution < 1.29 is 14.3 Å². The molecular formula is C20H23N3O3. The fourth-order valence-electron chi connectivity index (χ4n) is 2.66. The molecule has 0 aliphatic heterocycles. The predicted octanol–water partition coefficient (Wildman–Crippen LogP) is 3.06. The van der Waals surface area contributed by atoms with Crippen LogP contribution in [-0.4, -0.2) is 29.0 Å². The average molecular weight is 353 g/mol. The number of nitrogens with zero attached hydrogens (tertiary/aromatic N) is 2. The van der Waals surface area contributed by atoms with Crippen molar-refractivity contribution in [3.05, 3.63) is 41.1 Å². The van der Waals surface area contributed by atoms with Gasteiger partial charge in [0.05, 0.1) is 22.8 Å². The molecule has 0 spiro atoms. The van der Waals surface area contributed by atoms with Crippen molar-refractivity contribution in [2.24, 2.45) is 5.92 Å². The van der Waals surface area contributed by atoms with Crippen LogP contribution < -0.4 is 5.32 Å². The van der Waals surface area contributed by atoms with Crippen molar-refractivity contribution in [2.45, 2.75) is 40.2 Å². The van der Waals surface area contributed by atoms with Crippen LogP contribution in [0.5, 0.6) is 0 Å². The molecule has 1 atom stereocenters. The predicted molar refractivity (Wildman–Crippen MR) is 98.5 cm³/mol. The van der Waals surface area contributed by atoms with E-state index in [2.05, 4.69) is 16.4 Å². The molecule has 1 N–H and O–H groups in total. The van der Waals surface area contributed by atoms with Gasteiger partial charge in [-0.3, -0.25) is 9.78 Å². The standard InChI is InChI=1S/C20H23N3O3/c1-12(2)20(5,11-21)23-17(24)10-26-19(25)18-13(3)15-8-6-7-9-16(15)22-14(18)4/h6-9,12H,10H2,1-5H3,(H,23,24)/t20-/m1/s1. The number of para-hydroxylation sites is 1. The smallest absolute Gasteiger partial charge is 0.340 e. The first-order valence-corrected chi connectivity index (χ1v) is 8.45. The van der Waals surface area contributed by atoms with Gasteiger partial charge in [-0.15, -0.1) is 0 Å². The van der Waals surface area contributed by atoms with E-state index in [0.717, 1.165) is 16.5 Å². The van der Waals surface area contributed by atoms with Crippen LogP contribution in [0.1, 0.15) is 42.4 Å². The number of rotatable bonds is 5. The fourth-order valence-corrected chi connectivity index (χ4v) is 2.66. The van der Waals surface area contributed by atoms with Gasteiger partial charge in [-0.05, 0) is 38.3 Å². The summed E-state index contributed by atoms with van der Waals surface area (Å²) in [6, 6.07) is 9.62. The minimum absolute atomic E-state index is 0.0821. The van der Waals surface area contributed by atoms with E-state index in [1.807, 2.05) is 45.0 Å². The lowest BCUT2D eigenvalue weighted by molar-refractivity contribution is -0.125. The van der Waals surface area contributed by atoms with Crippen LogP contribution in [0.4, 0.5) is 0 Å². The number of benzene rings is 1. The quantitative estimate of drug-likeness (QED) is 0.834. The lowest BCUT2D eigenvalue weighted by atomic mass is 9.90. The van der Waals surface area contributed by atoms with Crippen molar-refractivity contribution in [1.29, 1.82) is 5.26 Å². The topological polar surface area (TPSA) is 92.1 Å². The minimum atomic E-state index is -1.01. The number of esters is 1. The van der Waals surface area contributed by atoms with Crippen molar-refractivity contribution >= 4 is 22.8 Å². The normalized spacial score (nSPS) is 13.1. The molecule has 1 aromatic heterocycles. The first kappa shape index (κ1) is 19.4. The highest BCUT2D eigenvalue weighted by Gasteiger charge is 2.30. The van der Waals surface area contributed by atoms with Gasteiger partial charge in [-0.1, -0.05) is 32.0 Å². The van der Waals surface area contributed by atoms with Crippen molar-refractivity contribution in [2.75, 3.05) is 6.61 Å². The zero-order valence-electron chi connectivity index (χ0n) is 15.7. The molecule has 1 aromatic carbocycles. The van der Waals surface area contributed by atoms with Crippen LogP contribution >= 0.6 is 0 Å². The Hall–Kier alpha value is -2.94. The number of ether oxygens (including phenoxy) is 1. The Kier molecular flexibility index (Phi) is 5.61. The Morgan fingerprint density at radius 2 is 1.96 bits per heavy atom. The number of hydrogen-bond donors (Lipinski definition) is 1. The molecule has 0 saturated heterocycles. The number of nitriles is 1. The highest BCUT2D eigenvalue weighted by molar-refractivity contribution is 5.99. The third kappa shape index (κ3) is 3.83. The Bertz CT molecular complexity index is 899. The summed E-state index contributed by atoms with van der Waals surface area (Å²) in [5, 5.41) is 12.7. The van der Waals surface area contributed by atoms with Gasteiger partial charge in [0.15, 0.2) is 6.61 Å². The maximum Gasteiger partial charge on any atom is 0.340 e. The molecular weight excluding hydrogens is 330 g/mol. The van der Waals surface area contributed by atoms with Crippen LogP contribution in [0.2, 0.25) is 0 Å². The van der Waals surface area contributed by atoms with Gasteiger partial charge in [-0.2, -0.15) is 5.26 Å². The van der Waals surface area contributed by atoms with Crippen molar-refractivity contribution in [3.8, 4) is 6.07 Å². The lowest BCUT2D eigenvalue weighted by Gasteiger charge is -2.27. The van der Waals surface area contributed by atoms with Gasteiger partial charge in [0, 0.05) is 5.39 Å². The summed E-state index contributed by atoms with van der Waals surface area (Å²) in [5.41, 5.74) is 1.47. The summed E-state index contributed by atoms with van der Waals surface area (Å²) < 4.78 is 5.17. The summed E-state index contributed by atoms with van der Waals surface area (Å²) in [7, 11) is 0. The Labute approximate surface area is 153 Å². The van der Waals surface area contributed by atoms with Crippen molar-refractivity contribution in [1.82, 2.24) is 10.3 Å². The van der Waals surface area contributed by atoms with Crippen LogP contribution in [0.3, 0.4) is 0 Å². The highest BCUT2D eigenvalue weighted by atomic mass is 16.5. The van der Waals surface area contributed by atoms with Gasteiger partial charge in [0.1, 0.15) is 5.54 Å². The number of pyridine rings is 1. The molecule has 0 saturated carbocycles. The second kappa shape index (κ2) is 7.52. The van der Waals surface area contributed by atoms with E-state index < -0.39 is 24.0 Å². The molecule has 136 valence electrons. The monoisotopic (exact) mass is 353 g/mol. The SMILES string of the molecule is Cc1nc2ccccc2c(C)c1C(=O)OCC(=O)N[C@](C)(C#N)C(C)C. The number of aromatic nitrogens is 1. The molecule has 2 rings (SSSR count). The second-order valence-electron chi connectivity index (χ2n) is 6.81. The highest BCUT2D eigenvalue weighted by Crippen LogP contribution is 2.23. The number of fused-ring (bicyclic) bond motifs is 1. The van der Waals surface area contributed by atoms with E-state index >= 15 is 0 Å². The summed E-state index contributed by atoms with van der Waals surface area (Å²) in [5.74, 6) is -1.20. The Balaban J connectivity index is 2.15. The molecule has 0 fully saturated rings. The summed E-state index contributed by atoms with van der Waals surface area (Å²) in [6.07, 6.45) is 0. The summed E-state index contributed by atoms with van der Waals surface area (Å²) >= 11 is 0. The molecule has 0 aliphatic carbocycles. The molecule has 6 nitrogen and oxygen atoms in total. The zero-order valence-corrected chi connectivity index (χ0v) is 15.7. The van der Waals surface area contributed by atoms with Gasteiger partial charge in [0.25, 0.3) is 5.91 Å². The van der Waals surface area contributed by atoms with Crippen LogP contribution in [0.15, 0.2) is 24.3 Å². The van der Waals surface area contributed by atoms with E-state index in [0.29, 0.717) is 11.3 Å². The van der Waals surface area contributed by atoms with E-state index in [-0.39, 0.29) is 5.92 Å². The second-order valence-corrected chi connectivity index (χ2v) is 6.81. The Morgan fingerprint density at radius 3 is 2.58 bits per heavy atom. The molecule has 1 heterocycles. The molecule has 2 aromatic rings. The molecule has 1 amide bonds. The van der Waals surface area contributed by atoms with Crippen LogP contribution in [-0.2, 0) is 9.53 Å². The van der Waals surface area contributed by atoms with Gasteiger partial charge in [0.2, 0.25) is 0 Å². The minimum Gasteiger partial charge on any atom is -0.452 e. The third-order valence-electron chi connectivity index (χ3n) is 4.66. The van der Waals surface area contributed by atoms with E-state index in [1.54, 1.807) is 13.8 Å². The lowest BCUT2D eigenvalue weighted by Crippen LogP contribution is -2.50. The van der Waals surface area contributed by atoms with Crippen molar-refractivity contribution in [3.63, 3.8) is 0 Å².